The number of alkyl halides is 6. The second-order valence-electron chi connectivity index (χ2n) is 12.1. The predicted octanol–water partition coefficient (Wildman–Crippen LogP) is 6.80. The molecule has 0 bridgehead atoms. The number of piperazine rings is 1. The van der Waals surface area contributed by atoms with E-state index in [1.54, 1.807) is 17.9 Å². The van der Waals surface area contributed by atoms with Gasteiger partial charge in [-0.25, -0.2) is 9.18 Å². The van der Waals surface area contributed by atoms with Gasteiger partial charge in [-0.3, -0.25) is 9.69 Å². The Morgan fingerprint density at radius 3 is 2.20 bits per heavy atom. The molecule has 3 aliphatic rings. The number of likely N-dealkylation sites (tertiary alicyclic amines) is 1. The summed E-state index contributed by atoms with van der Waals surface area (Å²) in [6.45, 7) is 5.43. The van der Waals surface area contributed by atoms with Gasteiger partial charge in [0, 0.05) is 51.7 Å². The van der Waals surface area contributed by atoms with E-state index in [0.717, 1.165) is 16.9 Å². The number of carbonyl (C=O) groups excluding carboxylic acids is 2. The van der Waals surface area contributed by atoms with E-state index in [0.29, 0.717) is 56.6 Å². The number of nitrogens with zero attached hydrogens (tertiary/aromatic N) is 4. The minimum absolute atomic E-state index is 0.0619. The highest BCUT2D eigenvalue weighted by molar-refractivity contribution is 5.79. The van der Waals surface area contributed by atoms with E-state index in [9.17, 15) is 40.3 Å². The molecule has 0 aromatic heterocycles. The summed E-state index contributed by atoms with van der Waals surface area (Å²) in [5.74, 6) is -0.274. The van der Waals surface area contributed by atoms with Gasteiger partial charge in [0.05, 0.1) is 23.2 Å². The van der Waals surface area contributed by atoms with E-state index in [2.05, 4.69) is 4.90 Å². The van der Waals surface area contributed by atoms with Crippen molar-refractivity contribution in [3.8, 4) is 0 Å². The Bertz CT molecular complexity index is 1380. The molecule has 240 valence electrons. The second-order valence-corrected chi connectivity index (χ2v) is 12.1. The molecule has 3 aliphatic heterocycles. The van der Waals surface area contributed by atoms with Crippen LogP contribution in [0.1, 0.15) is 72.5 Å². The van der Waals surface area contributed by atoms with Crippen molar-refractivity contribution in [3.05, 3.63) is 70.0 Å². The van der Waals surface area contributed by atoms with Gasteiger partial charge in [-0.15, -0.1) is 0 Å². The fourth-order valence-electron chi connectivity index (χ4n) is 6.85. The number of urea groups is 1. The molecule has 13 heteroatoms. The van der Waals surface area contributed by atoms with Crippen LogP contribution in [-0.2, 0) is 17.1 Å². The normalized spacial score (nSPS) is 24.0. The van der Waals surface area contributed by atoms with Crippen molar-refractivity contribution in [2.45, 2.75) is 76.1 Å². The topological polar surface area (TPSA) is 47.1 Å². The van der Waals surface area contributed by atoms with E-state index in [4.69, 9.17) is 0 Å². The van der Waals surface area contributed by atoms with E-state index in [-0.39, 0.29) is 36.2 Å². The van der Waals surface area contributed by atoms with Gasteiger partial charge in [-0.05, 0) is 80.1 Å². The summed E-state index contributed by atoms with van der Waals surface area (Å²) in [5.41, 5.74) is -1.84. The summed E-state index contributed by atoms with van der Waals surface area (Å²) < 4.78 is 95.2. The molecule has 4 atom stereocenters. The van der Waals surface area contributed by atoms with Crippen molar-refractivity contribution in [2.75, 3.05) is 33.2 Å². The number of fused-ring (bicyclic) bond motifs is 1. The SMILES string of the molecule is Cc1cc(F)ccc1C1CC(N2CCN3C(=O)CC[C@H]3C2)CCN1C(=O)N(C)[C@H](C)c1cc(C(F)(F)F)cc(C(F)(F)F)c1. The molecular weight excluding hydrogens is 593 g/mol. The zero-order chi connectivity index (χ0) is 32.1. The first-order chi connectivity index (χ1) is 20.5. The molecule has 3 amide bonds. The third-order valence-corrected chi connectivity index (χ3v) is 9.43. The van der Waals surface area contributed by atoms with Crippen molar-refractivity contribution in [1.29, 1.82) is 0 Å². The van der Waals surface area contributed by atoms with Crippen molar-refractivity contribution in [1.82, 2.24) is 19.6 Å². The van der Waals surface area contributed by atoms with E-state index >= 15 is 0 Å². The molecule has 2 aromatic rings. The highest BCUT2D eigenvalue weighted by atomic mass is 19.4. The van der Waals surface area contributed by atoms with Crippen LogP contribution in [0.4, 0.5) is 35.5 Å². The minimum Gasteiger partial charge on any atom is -0.337 e. The summed E-state index contributed by atoms with van der Waals surface area (Å²) >= 11 is 0. The first-order valence-corrected chi connectivity index (χ1v) is 14.7. The minimum atomic E-state index is -5.01. The molecular formula is C31H35F7N4O2. The zero-order valence-electron chi connectivity index (χ0n) is 24.7. The maximum absolute atomic E-state index is 14.1. The van der Waals surface area contributed by atoms with Crippen LogP contribution in [0.25, 0.3) is 0 Å². The van der Waals surface area contributed by atoms with Gasteiger partial charge in [-0.2, -0.15) is 26.3 Å². The van der Waals surface area contributed by atoms with Crippen LogP contribution in [-0.4, -0.2) is 76.8 Å². The lowest BCUT2D eigenvalue weighted by atomic mass is 9.88. The van der Waals surface area contributed by atoms with Gasteiger partial charge in [0.15, 0.2) is 0 Å². The van der Waals surface area contributed by atoms with Crippen LogP contribution in [0.3, 0.4) is 0 Å². The number of piperidine rings is 1. The van der Waals surface area contributed by atoms with E-state index < -0.39 is 47.4 Å². The summed E-state index contributed by atoms with van der Waals surface area (Å²) in [4.78, 5) is 33.2. The van der Waals surface area contributed by atoms with Crippen LogP contribution in [0.5, 0.6) is 0 Å². The molecule has 44 heavy (non-hydrogen) atoms. The molecule has 2 unspecified atom stereocenters. The van der Waals surface area contributed by atoms with E-state index in [1.165, 1.54) is 26.1 Å². The lowest BCUT2D eigenvalue weighted by Gasteiger charge is -2.48. The van der Waals surface area contributed by atoms with Gasteiger partial charge in [-0.1, -0.05) is 6.07 Å². The predicted molar refractivity (Wildman–Crippen MR) is 148 cm³/mol. The first kappa shape index (κ1) is 32.1. The molecule has 3 heterocycles. The fourth-order valence-corrected chi connectivity index (χ4v) is 6.85. The molecule has 5 rings (SSSR count). The van der Waals surface area contributed by atoms with Crippen LogP contribution >= 0.6 is 0 Å². The Balaban J connectivity index is 1.42. The maximum Gasteiger partial charge on any atom is 0.416 e. The third-order valence-electron chi connectivity index (χ3n) is 9.43. The van der Waals surface area contributed by atoms with Crippen LogP contribution < -0.4 is 0 Å². The molecule has 0 radical (unpaired) electrons. The number of hydrogen-bond donors (Lipinski definition) is 0. The summed E-state index contributed by atoms with van der Waals surface area (Å²) in [7, 11) is 1.36. The third kappa shape index (κ3) is 6.38. The highest BCUT2D eigenvalue weighted by Crippen LogP contribution is 2.40. The Hall–Kier alpha value is -3.35. The first-order valence-electron chi connectivity index (χ1n) is 14.7. The van der Waals surface area contributed by atoms with Crippen molar-refractivity contribution in [2.24, 2.45) is 0 Å². The Morgan fingerprint density at radius 1 is 0.932 bits per heavy atom. The number of benzene rings is 2. The van der Waals surface area contributed by atoms with Crippen molar-refractivity contribution >= 4 is 11.9 Å². The average Bonchev–Trinajstić information content (AvgIpc) is 3.34. The van der Waals surface area contributed by atoms with Gasteiger partial charge in [0.1, 0.15) is 5.82 Å². The average molecular weight is 629 g/mol. The lowest BCUT2D eigenvalue weighted by molar-refractivity contribution is -0.143. The molecule has 2 aromatic carbocycles. The Morgan fingerprint density at radius 2 is 1.59 bits per heavy atom. The van der Waals surface area contributed by atoms with Gasteiger partial charge < -0.3 is 14.7 Å². The number of amides is 3. The smallest absolute Gasteiger partial charge is 0.337 e. The van der Waals surface area contributed by atoms with Crippen LogP contribution in [0, 0.1) is 12.7 Å². The number of aryl methyl sites for hydroxylation is 1. The Kier molecular flexibility index (Phi) is 8.65. The second kappa shape index (κ2) is 11.9. The van der Waals surface area contributed by atoms with Crippen molar-refractivity contribution in [3.63, 3.8) is 0 Å². The van der Waals surface area contributed by atoms with Crippen LogP contribution in [0.2, 0.25) is 0 Å². The molecule has 0 aliphatic carbocycles. The molecule has 0 spiro atoms. The zero-order valence-corrected chi connectivity index (χ0v) is 24.7. The molecule has 3 fully saturated rings. The maximum atomic E-state index is 14.1. The largest absolute Gasteiger partial charge is 0.416 e. The molecule has 3 saturated heterocycles. The van der Waals surface area contributed by atoms with Crippen molar-refractivity contribution < 1.29 is 40.3 Å². The number of halogens is 7. The van der Waals surface area contributed by atoms with Gasteiger partial charge in [0.25, 0.3) is 0 Å². The van der Waals surface area contributed by atoms with Gasteiger partial charge in [0.2, 0.25) is 5.91 Å². The number of rotatable bonds is 4. The monoisotopic (exact) mass is 628 g/mol. The molecule has 6 nitrogen and oxygen atoms in total. The fraction of sp³-hybridized carbons (Fsp3) is 0.548. The summed E-state index contributed by atoms with van der Waals surface area (Å²) in [6.07, 6.45) is -7.60. The lowest BCUT2D eigenvalue weighted by Crippen LogP contribution is -2.57. The Labute approximate surface area is 251 Å². The van der Waals surface area contributed by atoms with E-state index in [1.807, 2.05) is 4.90 Å². The quantitative estimate of drug-likeness (QED) is 0.350. The molecule has 0 saturated carbocycles. The molecule has 0 N–H and O–H groups in total. The van der Waals surface area contributed by atoms with Gasteiger partial charge >= 0.3 is 18.4 Å². The standard InChI is InChI=1S/C31H35F7N4O2/c1-18-12-23(32)4-6-26(18)27-16-24(40-10-11-41-25(17-40)5-7-28(41)43)8-9-42(27)29(44)39(3)19(2)20-13-21(30(33,34)35)15-22(14-20)31(36,37)38/h4,6,12-15,19,24-25,27H,5,7-11,16-17H2,1-3H3/t19-,24?,25+,27?/m1/s1. The summed E-state index contributed by atoms with van der Waals surface area (Å²) in [6, 6.07) is 3.68. The van der Waals surface area contributed by atoms with Crippen LogP contribution in [0.15, 0.2) is 36.4 Å². The summed E-state index contributed by atoms with van der Waals surface area (Å²) in [5, 5.41) is 0. The number of hydrogen-bond acceptors (Lipinski definition) is 3. The number of carbonyl (C=O) groups is 2. The highest BCUT2D eigenvalue weighted by Gasteiger charge is 2.43.